The zero-order valence-electron chi connectivity index (χ0n) is 9.36. The van der Waals surface area contributed by atoms with Gasteiger partial charge in [-0.25, -0.2) is 4.98 Å². The highest BCUT2D eigenvalue weighted by Crippen LogP contribution is 2.33. The molecule has 3 nitrogen and oxygen atoms in total. The van der Waals surface area contributed by atoms with Crippen LogP contribution < -0.4 is 4.74 Å². The van der Waals surface area contributed by atoms with Gasteiger partial charge in [0.25, 0.3) is 0 Å². The van der Waals surface area contributed by atoms with Crippen molar-refractivity contribution in [2.24, 2.45) is 0 Å². The Bertz CT molecular complexity index is 625. The number of benzene rings is 1. The number of nitriles is 1. The van der Waals surface area contributed by atoms with Crippen LogP contribution in [0.3, 0.4) is 0 Å². The van der Waals surface area contributed by atoms with Crippen LogP contribution in [0.4, 0.5) is 0 Å². The van der Waals surface area contributed by atoms with Gasteiger partial charge in [-0.2, -0.15) is 5.26 Å². The molecule has 1 aliphatic heterocycles. The fourth-order valence-electron chi connectivity index (χ4n) is 2.03. The third-order valence-corrected chi connectivity index (χ3v) is 3.67. The quantitative estimate of drug-likeness (QED) is 0.772. The van der Waals surface area contributed by atoms with Gasteiger partial charge in [0.2, 0.25) is 0 Å². The predicted octanol–water partition coefficient (Wildman–Crippen LogP) is 2.93. The molecule has 2 heterocycles. The van der Waals surface area contributed by atoms with Crippen molar-refractivity contribution in [1.82, 2.24) is 4.98 Å². The average molecular weight is 242 g/mol. The molecule has 17 heavy (non-hydrogen) atoms. The van der Waals surface area contributed by atoms with Gasteiger partial charge in [-0.05, 0) is 30.7 Å². The minimum atomic E-state index is 0.682. The summed E-state index contributed by atoms with van der Waals surface area (Å²) in [7, 11) is 0. The van der Waals surface area contributed by atoms with E-state index in [9.17, 15) is 0 Å². The van der Waals surface area contributed by atoms with Crippen molar-refractivity contribution in [3.63, 3.8) is 0 Å². The molecule has 1 aromatic carbocycles. The Labute approximate surface area is 103 Å². The molecule has 0 amide bonds. The van der Waals surface area contributed by atoms with Crippen molar-refractivity contribution in [2.75, 3.05) is 6.61 Å². The van der Waals surface area contributed by atoms with E-state index in [1.807, 2.05) is 19.1 Å². The van der Waals surface area contributed by atoms with E-state index in [1.165, 1.54) is 16.9 Å². The summed E-state index contributed by atoms with van der Waals surface area (Å²) in [5.41, 5.74) is 3.01. The molecule has 4 heteroatoms. The molecule has 0 saturated heterocycles. The van der Waals surface area contributed by atoms with Gasteiger partial charge in [0, 0.05) is 12.0 Å². The largest absolute Gasteiger partial charge is 0.493 e. The molecule has 0 saturated carbocycles. The Hall–Kier alpha value is -1.86. The first kappa shape index (κ1) is 10.3. The lowest BCUT2D eigenvalue weighted by atomic mass is 10.1. The Morgan fingerprint density at radius 1 is 1.47 bits per heavy atom. The number of hydrogen-bond acceptors (Lipinski definition) is 4. The highest BCUT2D eigenvalue weighted by molar-refractivity contribution is 7.12. The minimum absolute atomic E-state index is 0.682. The van der Waals surface area contributed by atoms with Crippen molar-refractivity contribution in [1.29, 1.82) is 5.26 Å². The molecule has 0 bridgehead atoms. The minimum Gasteiger partial charge on any atom is -0.493 e. The topological polar surface area (TPSA) is 45.9 Å². The molecule has 0 aliphatic carbocycles. The zero-order valence-corrected chi connectivity index (χ0v) is 10.2. The van der Waals surface area contributed by atoms with Crippen LogP contribution in [-0.4, -0.2) is 11.6 Å². The molecule has 1 aromatic heterocycles. The maximum Gasteiger partial charge on any atom is 0.132 e. The summed E-state index contributed by atoms with van der Waals surface area (Å²) in [4.78, 5) is 5.11. The first-order chi connectivity index (χ1) is 8.28. The number of fused-ring (bicyclic) bond motifs is 1. The van der Waals surface area contributed by atoms with E-state index < -0.39 is 0 Å². The highest BCUT2D eigenvalue weighted by atomic mass is 32.1. The molecule has 0 spiro atoms. The third kappa shape index (κ3) is 1.69. The van der Waals surface area contributed by atoms with E-state index in [-0.39, 0.29) is 0 Å². The van der Waals surface area contributed by atoms with Crippen LogP contribution >= 0.6 is 11.3 Å². The fraction of sp³-hybridized carbons (Fsp3) is 0.231. The molecule has 2 aromatic rings. The van der Waals surface area contributed by atoms with Crippen LogP contribution in [0.25, 0.3) is 11.3 Å². The average Bonchev–Trinajstić information content (AvgIpc) is 2.93. The van der Waals surface area contributed by atoms with E-state index in [0.717, 1.165) is 35.0 Å². The van der Waals surface area contributed by atoms with Crippen LogP contribution in [0, 0.1) is 18.3 Å². The summed E-state index contributed by atoms with van der Waals surface area (Å²) in [5.74, 6) is 0.958. The van der Waals surface area contributed by atoms with Gasteiger partial charge in [0.15, 0.2) is 0 Å². The van der Waals surface area contributed by atoms with Gasteiger partial charge in [-0.15, -0.1) is 11.3 Å². The van der Waals surface area contributed by atoms with E-state index in [0.29, 0.717) is 4.88 Å². The highest BCUT2D eigenvalue weighted by Gasteiger charge is 2.16. The molecule has 0 fully saturated rings. The Balaban J connectivity index is 2.13. The van der Waals surface area contributed by atoms with Crippen molar-refractivity contribution < 1.29 is 4.74 Å². The lowest BCUT2D eigenvalue weighted by Gasteiger charge is -2.01. The monoisotopic (exact) mass is 242 g/mol. The molecule has 0 atom stereocenters. The zero-order chi connectivity index (χ0) is 11.8. The first-order valence-corrected chi connectivity index (χ1v) is 6.23. The Kier molecular flexibility index (Phi) is 2.34. The Morgan fingerprint density at radius 2 is 2.35 bits per heavy atom. The first-order valence-electron chi connectivity index (χ1n) is 5.41. The number of ether oxygens (including phenoxy) is 1. The second kappa shape index (κ2) is 3.86. The molecule has 0 radical (unpaired) electrons. The lowest BCUT2D eigenvalue weighted by molar-refractivity contribution is 0.357. The smallest absolute Gasteiger partial charge is 0.132 e. The molecule has 1 aliphatic rings. The summed E-state index contributed by atoms with van der Waals surface area (Å²) in [6, 6.07) is 8.23. The lowest BCUT2D eigenvalue weighted by Crippen LogP contribution is -1.85. The number of hydrogen-bond donors (Lipinski definition) is 0. The van der Waals surface area contributed by atoms with E-state index >= 15 is 0 Å². The number of nitrogens with zero attached hydrogens (tertiary/aromatic N) is 2. The summed E-state index contributed by atoms with van der Waals surface area (Å²) in [6.07, 6.45) is 0.939. The van der Waals surface area contributed by atoms with E-state index in [1.54, 1.807) is 0 Å². The number of thiazole rings is 1. The van der Waals surface area contributed by atoms with Gasteiger partial charge in [0.1, 0.15) is 16.7 Å². The second-order valence-electron chi connectivity index (χ2n) is 3.94. The number of aromatic nitrogens is 1. The summed E-state index contributed by atoms with van der Waals surface area (Å²) in [5, 5.41) is 10.0. The molecule has 0 N–H and O–H groups in total. The third-order valence-electron chi connectivity index (χ3n) is 2.80. The summed E-state index contributed by atoms with van der Waals surface area (Å²) in [6.45, 7) is 2.67. The molecular weight excluding hydrogens is 232 g/mol. The van der Waals surface area contributed by atoms with Crippen LogP contribution in [0.15, 0.2) is 18.2 Å². The van der Waals surface area contributed by atoms with Crippen LogP contribution in [-0.2, 0) is 6.42 Å². The molecule has 3 rings (SSSR count). The standard InChI is InChI=1S/C13H10N2OS/c1-8-15-13(12(7-14)17-8)10-2-3-11-9(6-10)4-5-16-11/h2-3,6H,4-5H2,1H3. The van der Waals surface area contributed by atoms with Crippen LogP contribution in [0.5, 0.6) is 5.75 Å². The number of aryl methyl sites for hydroxylation is 1. The summed E-state index contributed by atoms with van der Waals surface area (Å²) >= 11 is 1.44. The maximum absolute atomic E-state index is 9.08. The van der Waals surface area contributed by atoms with E-state index in [4.69, 9.17) is 10.00 Å². The van der Waals surface area contributed by atoms with Gasteiger partial charge in [0.05, 0.1) is 17.3 Å². The molecule has 0 unspecified atom stereocenters. The van der Waals surface area contributed by atoms with Crippen molar-refractivity contribution in [3.05, 3.63) is 33.6 Å². The second-order valence-corrected chi connectivity index (χ2v) is 5.15. The van der Waals surface area contributed by atoms with Crippen molar-refractivity contribution >= 4 is 11.3 Å². The van der Waals surface area contributed by atoms with Crippen molar-refractivity contribution in [3.8, 4) is 23.1 Å². The molecule has 84 valence electrons. The maximum atomic E-state index is 9.08. The van der Waals surface area contributed by atoms with Crippen LogP contribution in [0.1, 0.15) is 15.4 Å². The van der Waals surface area contributed by atoms with Crippen LogP contribution in [0.2, 0.25) is 0 Å². The SMILES string of the molecule is Cc1nc(-c2ccc3c(c2)CCO3)c(C#N)s1. The normalized spacial score (nSPS) is 12.9. The van der Waals surface area contributed by atoms with Gasteiger partial charge in [-0.3, -0.25) is 0 Å². The van der Waals surface area contributed by atoms with Crippen molar-refractivity contribution in [2.45, 2.75) is 13.3 Å². The van der Waals surface area contributed by atoms with E-state index in [2.05, 4.69) is 17.1 Å². The Morgan fingerprint density at radius 3 is 3.18 bits per heavy atom. The van der Waals surface area contributed by atoms with Gasteiger partial charge < -0.3 is 4.74 Å². The summed E-state index contributed by atoms with van der Waals surface area (Å²) < 4.78 is 5.47. The van der Waals surface area contributed by atoms with Gasteiger partial charge in [-0.1, -0.05) is 0 Å². The molecular formula is C13H10N2OS. The predicted molar refractivity (Wildman–Crippen MR) is 66.2 cm³/mol. The number of rotatable bonds is 1. The van der Waals surface area contributed by atoms with Gasteiger partial charge >= 0.3 is 0 Å². The fourth-order valence-corrected chi connectivity index (χ4v) is 2.77.